The monoisotopic (exact) mass is 275 g/mol. The Morgan fingerprint density at radius 1 is 1.15 bits per heavy atom. The Bertz CT molecular complexity index is 557. The lowest BCUT2D eigenvalue weighted by Gasteiger charge is -2.15. The Balaban J connectivity index is 2.27. The Kier molecular flexibility index (Phi) is 4.45. The van der Waals surface area contributed by atoms with Crippen molar-refractivity contribution in [3.63, 3.8) is 0 Å². The quantitative estimate of drug-likeness (QED) is 0.901. The standard InChI is InChI=1S/C16H18FNO2/c1-11-6-4-7-13(17)12(11)10-20-16-14(18-2)8-5-9-15(16)19-3/h4-9,18H,10H2,1-3H3. The van der Waals surface area contributed by atoms with Crippen LogP contribution in [0, 0.1) is 12.7 Å². The lowest BCUT2D eigenvalue weighted by molar-refractivity contribution is 0.280. The number of benzene rings is 2. The first-order valence-corrected chi connectivity index (χ1v) is 6.39. The number of anilines is 1. The van der Waals surface area contributed by atoms with Gasteiger partial charge in [0.05, 0.1) is 12.8 Å². The van der Waals surface area contributed by atoms with Crippen molar-refractivity contribution in [2.45, 2.75) is 13.5 Å². The van der Waals surface area contributed by atoms with E-state index in [1.54, 1.807) is 20.2 Å². The molecule has 3 nitrogen and oxygen atoms in total. The predicted molar refractivity (Wildman–Crippen MR) is 78.0 cm³/mol. The van der Waals surface area contributed by atoms with Gasteiger partial charge < -0.3 is 14.8 Å². The highest BCUT2D eigenvalue weighted by Crippen LogP contribution is 2.35. The summed E-state index contributed by atoms with van der Waals surface area (Å²) in [5.74, 6) is 0.942. The number of para-hydroxylation sites is 1. The molecule has 4 heteroatoms. The minimum Gasteiger partial charge on any atom is -0.493 e. The van der Waals surface area contributed by atoms with Crippen molar-refractivity contribution in [2.75, 3.05) is 19.5 Å². The van der Waals surface area contributed by atoms with Gasteiger partial charge in [-0.05, 0) is 30.7 Å². The van der Waals surface area contributed by atoms with Gasteiger partial charge in [0.15, 0.2) is 11.5 Å². The zero-order valence-corrected chi connectivity index (χ0v) is 11.9. The van der Waals surface area contributed by atoms with Crippen molar-refractivity contribution in [1.82, 2.24) is 0 Å². The number of aryl methyl sites for hydroxylation is 1. The first-order chi connectivity index (χ1) is 9.67. The fraction of sp³-hybridized carbons (Fsp3) is 0.250. The van der Waals surface area contributed by atoms with Crippen LogP contribution in [0.5, 0.6) is 11.5 Å². The van der Waals surface area contributed by atoms with Gasteiger partial charge in [0, 0.05) is 12.6 Å². The van der Waals surface area contributed by atoms with Gasteiger partial charge in [-0.25, -0.2) is 4.39 Å². The SMILES string of the molecule is CNc1cccc(OC)c1OCc1c(C)cccc1F. The largest absolute Gasteiger partial charge is 0.493 e. The summed E-state index contributed by atoms with van der Waals surface area (Å²) in [6.45, 7) is 2.02. The molecule has 2 rings (SSSR count). The van der Waals surface area contributed by atoms with Gasteiger partial charge in [-0.2, -0.15) is 0 Å². The molecule has 2 aromatic carbocycles. The van der Waals surface area contributed by atoms with Gasteiger partial charge >= 0.3 is 0 Å². The number of hydrogen-bond acceptors (Lipinski definition) is 3. The molecule has 20 heavy (non-hydrogen) atoms. The van der Waals surface area contributed by atoms with Crippen molar-refractivity contribution >= 4 is 5.69 Å². The molecular formula is C16H18FNO2. The summed E-state index contributed by atoms with van der Waals surface area (Å²) in [5, 5.41) is 3.04. The van der Waals surface area contributed by atoms with Gasteiger partial charge in [-0.3, -0.25) is 0 Å². The summed E-state index contributed by atoms with van der Waals surface area (Å²) in [6.07, 6.45) is 0. The smallest absolute Gasteiger partial charge is 0.184 e. The second-order valence-electron chi connectivity index (χ2n) is 4.41. The fourth-order valence-electron chi connectivity index (χ4n) is 2.02. The molecule has 0 heterocycles. The number of rotatable bonds is 5. The number of nitrogens with one attached hydrogen (secondary N) is 1. The molecule has 0 bridgehead atoms. The van der Waals surface area contributed by atoms with Crippen LogP contribution in [-0.2, 0) is 6.61 Å². The molecule has 0 fully saturated rings. The number of ether oxygens (including phenoxy) is 2. The van der Waals surface area contributed by atoms with Gasteiger partial charge in [0.25, 0.3) is 0 Å². The van der Waals surface area contributed by atoms with Crippen LogP contribution in [0.15, 0.2) is 36.4 Å². The van der Waals surface area contributed by atoms with E-state index in [0.29, 0.717) is 17.1 Å². The van der Waals surface area contributed by atoms with Crippen molar-refractivity contribution in [1.29, 1.82) is 0 Å². The maximum absolute atomic E-state index is 13.8. The molecule has 0 saturated heterocycles. The molecular weight excluding hydrogens is 257 g/mol. The number of hydrogen-bond donors (Lipinski definition) is 1. The predicted octanol–water partition coefficient (Wildman–Crippen LogP) is 3.76. The average Bonchev–Trinajstić information content (AvgIpc) is 2.46. The molecule has 0 aliphatic heterocycles. The van der Waals surface area contributed by atoms with Crippen LogP contribution in [-0.4, -0.2) is 14.2 Å². The van der Waals surface area contributed by atoms with E-state index in [9.17, 15) is 4.39 Å². The summed E-state index contributed by atoms with van der Waals surface area (Å²) in [4.78, 5) is 0. The normalized spacial score (nSPS) is 10.2. The fourth-order valence-corrected chi connectivity index (χ4v) is 2.02. The van der Waals surface area contributed by atoms with E-state index in [1.807, 2.05) is 31.2 Å². The third-order valence-electron chi connectivity index (χ3n) is 3.18. The highest BCUT2D eigenvalue weighted by molar-refractivity contribution is 5.62. The first-order valence-electron chi connectivity index (χ1n) is 6.39. The molecule has 0 aliphatic rings. The van der Waals surface area contributed by atoms with E-state index < -0.39 is 0 Å². The first kappa shape index (κ1) is 14.2. The molecule has 0 aromatic heterocycles. The molecule has 0 spiro atoms. The van der Waals surface area contributed by atoms with Crippen LogP contribution in [0.2, 0.25) is 0 Å². The number of halogens is 1. The van der Waals surface area contributed by atoms with E-state index in [1.165, 1.54) is 6.07 Å². The Morgan fingerprint density at radius 3 is 2.55 bits per heavy atom. The molecule has 2 aromatic rings. The van der Waals surface area contributed by atoms with E-state index >= 15 is 0 Å². The van der Waals surface area contributed by atoms with E-state index in [2.05, 4.69) is 5.32 Å². The average molecular weight is 275 g/mol. The maximum atomic E-state index is 13.8. The molecule has 0 saturated carbocycles. The van der Waals surface area contributed by atoms with E-state index in [0.717, 1.165) is 11.3 Å². The van der Waals surface area contributed by atoms with E-state index in [4.69, 9.17) is 9.47 Å². The minimum absolute atomic E-state index is 0.160. The Hall–Kier alpha value is -2.23. The van der Waals surface area contributed by atoms with Crippen LogP contribution in [0.1, 0.15) is 11.1 Å². The third kappa shape index (κ3) is 2.85. The summed E-state index contributed by atoms with van der Waals surface area (Å²) in [5.41, 5.74) is 2.23. The summed E-state index contributed by atoms with van der Waals surface area (Å²) >= 11 is 0. The zero-order chi connectivity index (χ0) is 14.5. The minimum atomic E-state index is -0.258. The summed E-state index contributed by atoms with van der Waals surface area (Å²) in [7, 11) is 3.38. The van der Waals surface area contributed by atoms with Crippen molar-refractivity contribution in [3.05, 3.63) is 53.3 Å². The molecule has 106 valence electrons. The van der Waals surface area contributed by atoms with Crippen LogP contribution in [0.4, 0.5) is 10.1 Å². The Morgan fingerprint density at radius 2 is 1.90 bits per heavy atom. The zero-order valence-electron chi connectivity index (χ0n) is 11.9. The Labute approximate surface area is 118 Å². The highest BCUT2D eigenvalue weighted by Gasteiger charge is 2.12. The maximum Gasteiger partial charge on any atom is 0.184 e. The number of methoxy groups -OCH3 is 1. The van der Waals surface area contributed by atoms with Crippen LogP contribution >= 0.6 is 0 Å². The second kappa shape index (κ2) is 6.28. The van der Waals surface area contributed by atoms with Gasteiger partial charge in [-0.1, -0.05) is 18.2 Å². The molecule has 0 atom stereocenters. The molecule has 0 radical (unpaired) electrons. The van der Waals surface area contributed by atoms with Crippen molar-refractivity contribution < 1.29 is 13.9 Å². The summed E-state index contributed by atoms with van der Waals surface area (Å²) in [6, 6.07) is 10.6. The van der Waals surface area contributed by atoms with Crippen molar-refractivity contribution in [2.24, 2.45) is 0 Å². The molecule has 0 unspecified atom stereocenters. The van der Waals surface area contributed by atoms with Gasteiger partial charge in [0.2, 0.25) is 0 Å². The van der Waals surface area contributed by atoms with E-state index in [-0.39, 0.29) is 12.4 Å². The van der Waals surface area contributed by atoms with Crippen LogP contribution in [0.3, 0.4) is 0 Å². The van der Waals surface area contributed by atoms with Gasteiger partial charge in [-0.15, -0.1) is 0 Å². The van der Waals surface area contributed by atoms with Gasteiger partial charge in [0.1, 0.15) is 12.4 Å². The lowest BCUT2D eigenvalue weighted by atomic mass is 10.1. The third-order valence-corrected chi connectivity index (χ3v) is 3.18. The second-order valence-corrected chi connectivity index (χ2v) is 4.41. The van der Waals surface area contributed by atoms with Crippen LogP contribution < -0.4 is 14.8 Å². The molecule has 0 amide bonds. The molecule has 1 N–H and O–H groups in total. The van der Waals surface area contributed by atoms with Crippen molar-refractivity contribution in [3.8, 4) is 11.5 Å². The highest BCUT2D eigenvalue weighted by atomic mass is 19.1. The summed E-state index contributed by atoms with van der Waals surface area (Å²) < 4.78 is 24.8. The van der Waals surface area contributed by atoms with Crippen LogP contribution in [0.25, 0.3) is 0 Å². The topological polar surface area (TPSA) is 30.5 Å². The molecule has 0 aliphatic carbocycles. The lowest BCUT2D eigenvalue weighted by Crippen LogP contribution is -2.04.